The molecule has 0 aromatic heterocycles. The van der Waals surface area contributed by atoms with Crippen LogP contribution in [0, 0.1) is 0 Å². The van der Waals surface area contributed by atoms with Crippen LogP contribution in [0.1, 0.15) is 39.2 Å². The van der Waals surface area contributed by atoms with Crippen molar-refractivity contribution in [3.05, 3.63) is 22.2 Å². The Bertz CT molecular complexity index is 446. The SMILES string of the molecule is CCC(C)(C)NCc1cc(Br)c2c(c1)OCCCO2. The van der Waals surface area contributed by atoms with Gasteiger partial charge in [-0.3, -0.25) is 0 Å². The lowest BCUT2D eigenvalue weighted by Crippen LogP contribution is -2.37. The molecule has 3 nitrogen and oxygen atoms in total. The molecule has 1 aromatic rings. The Morgan fingerprint density at radius 3 is 2.74 bits per heavy atom. The van der Waals surface area contributed by atoms with Gasteiger partial charge in [-0.1, -0.05) is 6.92 Å². The van der Waals surface area contributed by atoms with E-state index in [0.717, 1.165) is 42.0 Å². The second-order valence-corrected chi connectivity index (χ2v) is 6.40. The molecule has 0 radical (unpaired) electrons. The van der Waals surface area contributed by atoms with E-state index in [1.54, 1.807) is 0 Å². The van der Waals surface area contributed by atoms with Gasteiger partial charge in [0.1, 0.15) is 0 Å². The fourth-order valence-corrected chi connectivity index (χ4v) is 2.46. The lowest BCUT2D eigenvalue weighted by Gasteiger charge is -2.25. The van der Waals surface area contributed by atoms with E-state index in [-0.39, 0.29) is 5.54 Å². The van der Waals surface area contributed by atoms with Crippen molar-refractivity contribution < 1.29 is 9.47 Å². The van der Waals surface area contributed by atoms with Crippen LogP contribution < -0.4 is 14.8 Å². The number of ether oxygens (including phenoxy) is 2. The molecule has 19 heavy (non-hydrogen) atoms. The van der Waals surface area contributed by atoms with Crippen LogP contribution in [-0.2, 0) is 6.54 Å². The average Bonchev–Trinajstić information content (AvgIpc) is 2.62. The van der Waals surface area contributed by atoms with Crippen LogP contribution in [0.4, 0.5) is 0 Å². The quantitative estimate of drug-likeness (QED) is 0.910. The summed E-state index contributed by atoms with van der Waals surface area (Å²) >= 11 is 3.57. The Morgan fingerprint density at radius 1 is 1.26 bits per heavy atom. The molecular formula is C15H22BrNO2. The van der Waals surface area contributed by atoms with Gasteiger partial charge in [0, 0.05) is 18.5 Å². The zero-order valence-corrected chi connectivity index (χ0v) is 13.5. The monoisotopic (exact) mass is 327 g/mol. The molecule has 0 atom stereocenters. The highest BCUT2D eigenvalue weighted by atomic mass is 79.9. The summed E-state index contributed by atoms with van der Waals surface area (Å²) in [4.78, 5) is 0. The standard InChI is InChI=1S/C15H22BrNO2/c1-4-15(2,3)17-10-11-8-12(16)14-13(9-11)18-6-5-7-19-14/h8-9,17H,4-7,10H2,1-3H3. The summed E-state index contributed by atoms with van der Waals surface area (Å²) in [5.41, 5.74) is 1.36. The molecule has 0 spiro atoms. The average molecular weight is 328 g/mol. The normalized spacial score (nSPS) is 15.2. The van der Waals surface area contributed by atoms with Crippen molar-refractivity contribution >= 4 is 15.9 Å². The molecule has 0 fully saturated rings. The van der Waals surface area contributed by atoms with Crippen LogP contribution in [0.15, 0.2) is 16.6 Å². The number of hydrogen-bond donors (Lipinski definition) is 1. The number of benzene rings is 1. The van der Waals surface area contributed by atoms with Crippen molar-refractivity contribution in [2.24, 2.45) is 0 Å². The highest BCUT2D eigenvalue weighted by molar-refractivity contribution is 9.10. The number of nitrogens with one attached hydrogen (secondary N) is 1. The zero-order chi connectivity index (χ0) is 13.9. The smallest absolute Gasteiger partial charge is 0.175 e. The van der Waals surface area contributed by atoms with Crippen molar-refractivity contribution in [3.63, 3.8) is 0 Å². The first kappa shape index (κ1) is 14.7. The highest BCUT2D eigenvalue weighted by Crippen LogP contribution is 2.38. The molecule has 1 heterocycles. The third kappa shape index (κ3) is 3.86. The molecule has 1 aliphatic heterocycles. The van der Waals surface area contributed by atoms with Gasteiger partial charge in [-0.25, -0.2) is 0 Å². The minimum absolute atomic E-state index is 0.149. The molecule has 4 heteroatoms. The fraction of sp³-hybridized carbons (Fsp3) is 0.600. The van der Waals surface area contributed by atoms with Gasteiger partial charge in [0.05, 0.1) is 17.7 Å². The Labute approximate surface area is 123 Å². The maximum Gasteiger partial charge on any atom is 0.175 e. The first-order valence-electron chi connectivity index (χ1n) is 6.85. The topological polar surface area (TPSA) is 30.5 Å². The second kappa shape index (κ2) is 6.14. The van der Waals surface area contributed by atoms with Crippen molar-refractivity contribution in [1.29, 1.82) is 0 Å². The van der Waals surface area contributed by atoms with E-state index in [1.807, 2.05) is 0 Å². The molecule has 0 unspecified atom stereocenters. The Hall–Kier alpha value is -0.740. The third-order valence-corrected chi connectivity index (χ3v) is 4.11. The van der Waals surface area contributed by atoms with Gasteiger partial charge in [-0.15, -0.1) is 0 Å². The minimum Gasteiger partial charge on any atom is -0.490 e. The third-order valence-electron chi connectivity index (χ3n) is 3.52. The Balaban J connectivity index is 2.15. The molecule has 0 saturated heterocycles. The van der Waals surface area contributed by atoms with Gasteiger partial charge in [0.25, 0.3) is 0 Å². The van der Waals surface area contributed by atoms with Crippen LogP contribution in [0.25, 0.3) is 0 Å². The van der Waals surface area contributed by atoms with Crippen LogP contribution in [0.3, 0.4) is 0 Å². The van der Waals surface area contributed by atoms with Crippen molar-refractivity contribution in [2.75, 3.05) is 13.2 Å². The van der Waals surface area contributed by atoms with E-state index >= 15 is 0 Å². The van der Waals surface area contributed by atoms with E-state index in [0.29, 0.717) is 6.61 Å². The minimum atomic E-state index is 0.149. The molecule has 1 aliphatic rings. The molecule has 1 N–H and O–H groups in total. The van der Waals surface area contributed by atoms with Crippen LogP contribution in [-0.4, -0.2) is 18.8 Å². The summed E-state index contributed by atoms with van der Waals surface area (Å²) < 4.78 is 12.4. The summed E-state index contributed by atoms with van der Waals surface area (Å²) in [6, 6.07) is 4.18. The summed E-state index contributed by atoms with van der Waals surface area (Å²) in [6.07, 6.45) is 2.02. The molecule has 0 amide bonds. The second-order valence-electron chi connectivity index (χ2n) is 5.55. The largest absolute Gasteiger partial charge is 0.490 e. The lowest BCUT2D eigenvalue weighted by molar-refractivity contribution is 0.296. The Morgan fingerprint density at radius 2 is 2.00 bits per heavy atom. The first-order chi connectivity index (χ1) is 9.02. The molecule has 1 aromatic carbocycles. The zero-order valence-electron chi connectivity index (χ0n) is 11.9. The number of halogens is 1. The summed E-state index contributed by atoms with van der Waals surface area (Å²) in [7, 11) is 0. The highest BCUT2D eigenvalue weighted by Gasteiger charge is 2.17. The van der Waals surface area contributed by atoms with Crippen molar-refractivity contribution in [2.45, 2.75) is 45.7 Å². The molecule has 0 aliphatic carbocycles. The van der Waals surface area contributed by atoms with E-state index in [2.05, 4.69) is 54.2 Å². The molecule has 2 rings (SSSR count). The molecule has 0 bridgehead atoms. The van der Waals surface area contributed by atoms with E-state index in [4.69, 9.17) is 9.47 Å². The summed E-state index contributed by atoms with van der Waals surface area (Å²) in [5.74, 6) is 1.67. The van der Waals surface area contributed by atoms with Crippen molar-refractivity contribution in [1.82, 2.24) is 5.32 Å². The maximum absolute atomic E-state index is 5.75. The van der Waals surface area contributed by atoms with Crippen molar-refractivity contribution in [3.8, 4) is 11.5 Å². The fourth-order valence-electron chi connectivity index (χ4n) is 1.85. The van der Waals surface area contributed by atoms with Crippen LogP contribution >= 0.6 is 15.9 Å². The van der Waals surface area contributed by atoms with Gasteiger partial charge in [0.2, 0.25) is 0 Å². The Kier molecular flexibility index (Phi) is 4.74. The van der Waals surface area contributed by atoms with Gasteiger partial charge < -0.3 is 14.8 Å². The van der Waals surface area contributed by atoms with Gasteiger partial charge in [0.15, 0.2) is 11.5 Å². The van der Waals surface area contributed by atoms with Crippen LogP contribution in [0.2, 0.25) is 0 Å². The maximum atomic E-state index is 5.75. The van der Waals surface area contributed by atoms with Gasteiger partial charge >= 0.3 is 0 Å². The molecular weight excluding hydrogens is 306 g/mol. The van der Waals surface area contributed by atoms with Crippen LogP contribution in [0.5, 0.6) is 11.5 Å². The van der Waals surface area contributed by atoms with E-state index in [9.17, 15) is 0 Å². The van der Waals surface area contributed by atoms with E-state index in [1.165, 1.54) is 5.56 Å². The number of hydrogen-bond acceptors (Lipinski definition) is 3. The van der Waals surface area contributed by atoms with E-state index < -0.39 is 0 Å². The summed E-state index contributed by atoms with van der Waals surface area (Å²) in [6.45, 7) is 8.88. The predicted molar refractivity (Wildman–Crippen MR) is 81.0 cm³/mol. The predicted octanol–water partition coefficient (Wildman–Crippen LogP) is 3.89. The molecule has 0 saturated carbocycles. The van der Waals surface area contributed by atoms with Gasteiger partial charge in [-0.2, -0.15) is 0 Å². The number of fused-ring (bicyclic) bond motifs is 1. The molecule has 106 valence electrons. The lowest BCUT2D eigenvalue weighted by atomic mass is 10.0. The first-order valence-corrected chi connectivity index (χ1v) is 7.64. The number of rotatable bonds is 4. The van der Waals surface area contributed by atoms with Gasteiger partial charge in [-0.05, 0) is 53.9 Å². The summed E-state index contributed by atoms with van der Waals surface area (Å²) in [5, 5.41) is 3.56.